The zero-order chi connectivity index (χ0) is 14.6. The summed E-state index contributed by atoms with van der Waals surface area (Å²) >= 11 is 0. The number of aliphatic hydroxyl groups is 2. The summed E-state index contributed by atoms with van der Waals surface area (Å²) < 4.78 is 10.9. The van der Waals surface area contributed by atoms with Gasteiger partial charge in [-0.15, -0.1) is 0 Å². The van der Waals surface area contributed by atoms with Crippen molar-refractivity contribution in [1.82, 2.24) is 0 Å². The number of hydrogen-bond acceptors (Lipinski definition) is 4. The maximum atomic E-state index is 9.50. The van der Waals surface area contributed by atoms with Gasteiger partial charge in [0.05, 0.1) is 12.7 Å². The molecule has 0 saturated carbocycles. The third kappa shape index (κ3) is 8.20. The maximum Gasteiger partial charge on any atom is 0.160 e. The van der Waals surface area contributed by atoms with Crippen LogP contribution in [0, 0.1) is 0 Å². The zero-order valence-corrected chi connectivity index (χ0v) is 12.9. The van der Waals surface area contributed by atoms with Crippen LogP contribution >= 0.6 is 0 Å². The fourth-order valence-corrected chi connectivity index (χ4v) is 2.48. The minimum Gasteiger partial charge on any atom is -0.390 e. The van der Waals surface area contributed by atoms with Gasteiger partial charge in [0.1, 0.15) is 6.10 Å². The molecule has 0 spiro atoms. The molecular formula is C16H32O4. The minimum atomic E-state index is -0.762. The molecule has 4 heteroatoms. The van der Waals surface area contributed by atoms with E-state index in [0.29, 0.717) is 13.0 Å². The summed E-state index contributed by atoms with van der Waals surface area (Å²) in [5.41, 5.74) is 0. The Hall–Kier alpha value is -0.160. The van der Waals surface area contributed by atoms with Gasteiger partial charge in [-0.05, 0) is 6.42 Å². The van der Waals surface area contributed by atoms with Crippen LogP contribution in [-0.2, 0) is 9.47 Å². The highest BCUT2D eigenvalue weighted by molar-refractivity contribution is 4.73. The second-order valence-electron chi connectivity index (χ2n) is 5.83. The number of unbranched alkanes of at least 4 members (excludes halogenated alkanes) is 8. The predicted molar refractivity (Wildman–Crippen MR) is 79.5 cm³/mol. The smallest absolute Gasteiger partial charge is 0.160 e. The summed E-state index contributed by atoms with van der Waals surface area (Å²) in [5.74, 6) is 0. The second-order valence-corrected chi connectivity index (χ2v) is 5.83. The molecule has 2 N–H and O–H groups in total. The topological polar surface area (TPSA) is 58.9 Å². The van der Waals surface area contributed by atoms with Crippen LogP contribution in [-0.4, -0.2) is 41.9 Å². The summed E-state index contributed by atoms with van der Waals surface area (Å²) in [6.07, 6.45) is 10.2. The van der Waals surface area contributed by atoms with Crippen LogP contribution in [0.15, 0.2) is 0 Å². The Kier molecular flexibility index (Phi) is 10.3. The maximum absolute atomic E-state index is 9.50. The highest BCUT2D eigenvalue weighted by Crippen LogP contribution is 2.16. The standard InChI is InChI=1S/C16H32O4/c1-2-3-4-5-6-7-8-9-10-11-19-16-12-14(17)15(18)13-20-16/h14-18H,2-13H2,1H3/t14-,15-,16+/m1/s1. The molecule has 0 radical (unpaired) electrons. The first kappa shape index (κ1) is 17.9. The van der Waals surface area contributed by atoms with E-state index in [1.165, 1.54) is 51.4 Å². The molecule has 0 amide bonds. The lowest BCUT2D eigenvalue weighted by atomic mass is 10.1. The van der Waals surface area contributed by atoms with Gasteiger partial charge in [-0.3, -0.25) is 0 Å². The van der Waals surface area contributed by atoms with Gasteiger partial charge in [0.15, 0.2) is 6.29 Å². The normalized spacial score (nSPS) is 26.9. The van der Waals surface area contributed by atoms with Gasteiger partial charge >= 0.3 is 0 Å². The van der Waals surface area contributed by atoms with Gasteiger partial charge in [0, 0.05) is 13.0 Å². The molecule has 120 valence electrons. The first-order valence-electron chi connectivity index (χ1n) is 8.33. The molecule has 3 atom stereocenters. The van der Waals surface area contributed by atoms with Crippen molar-refractivity contribution < 1.29 is 19.7 Å². The van der Waals surface area contributed by atoms with Crippen LogP contribution in [0.3, 0.4) is 0 Å². The highest BCUT2D eigenvalue weighted by Gasteiger charge is 2.28. The molecule has 0 aromatic carbocycles. The first-order chi connectivity index (χ1) is 9.74. The number of rotatable bonds is 11. The van der Waals surface area contributed by atoms with Crippen molar-refractivity contribution in [3.05, 3.63) is 0 Å². The Morgan fingerprint density at radius 3 is 2.10 bits per heavy atom. The lowest BCUT2D eigenvalue weighted by Gasteiger charge is -2.30. The Morgan fingerprint density at radius 2 is 1.50 bits per heavy atom. The van der Waals surface area contributed by atoms with Crippen molar-refractivity contribution in [3.8, 4) is 0 Å². The van der Waals surface area contributed by atoms with Crippen LogP contribution in [0.1, 0.15) is 71.1 Å². The van der Waals surface area contributed by atoms with Crippen LogP contribution < -0.4 is 0 Å². The lowest BCUT2D eigenvalue weighted by molar-refractivity contribution is -0.216. The van der Waals surface area contributed by atoms with Crippen molar-refractivity contribution in [2.75, 3.05) is 13.2 Å². The van der Waals surface area contributed by atoms with Crippen LogP contribution in [0.5, 0.6) is 0 Å². The molecule has 1 aliphatic heterocycles. The van der Waals surface area contributed by atoms with E-state index in [1.54, 1.807) is 0 Å². The summed E-state index contributed by atoms with van der Waals surface area (Å²) in [7, 11) is 0. The van der Waals surface area contributed by atoms with Crippen molar-refractivity contribution in [2.24, 2.45) is 0 Å². The molecule has 1 fully saturated rings. The molecule has 1 saturated heterocycles. The van der Waals surface area contributed by atoms with Gasteiger partial charge < -0.3 is 19.7 Å². The van der Waals surface area contributed by atoms with Crippen molar-refractivity contribution in [3.63, 3.8) is 0 Å². The van der Waals surface area contributed by atoms with Gasteiger partial charge in [-0.2, -0.15) is 0 Å². The van der Waals surface area contributed by atoms with E-state index in [1.807, 2.05) is 0 Å². The zero-order valence-electron chi connectivity index (χ0n) is 12.9. The van der Waals surface area contributed by atoms with E-state index < -0.39 is 12.2 Å². The molecule has 0 aliphatic carbocycles. The Balaban J connectivity index is 1.83. The third-order valence-corrected chi connectivity index (χ3v) is 3.88. The van der Waals surface area contributed by atoms with Crippen LogP contribution in [0.25, 0.3) is 0 Å². The van der Waals surface area contributed by atoms with Crippen molar-refractivity contribution in [1.29, 1.82) is 0 Å². The molecule has 4 nitrogen and oxygen atoms in total. The molecule has 1 heterocycles. The number of aliphatic hydroxyl groups excluding tert-OH is 2. The second kappa shape index (κ2) is 11.5. The number of ether oxygens (including phenoxy) is 2. The van der Waals surface area contributed by atoms with E-state index in [9.17, 15) is 10.2 Å². The van der Waals surface area contributed by atoms with E-state index in [-0.39, 0.29) is 12.9 Å². The fraction of sp³-hybridized carbons (Fsp3) is 1.00. The first-order valence-corrected chi connectivity index (χ1v) is 8.33. The Morgan fingerprint density at radius 1 is 0.900 bits per heavy atom. The number of hydrogen-bond donors (Lipinski definition) is 2. The average Bonchev–Trinajstić information content (AvgIpc) is 2.45. The van der Waals surface area contributed by atoms with E-state index in [0.717, 1.165) is 6.42 Å². The van der Waals surface area contributed by atoms with Gasteiger partial charge in [0.25, 0.3) is 0 Å². The molecule has 0 unspecified atom stereocenters. The molecule has 0 aromatic heterocycles. The summed E-state index contributed by atoms with van der Waals surface area (Å²) in [5, 5.41) is 18.8. The largest absolute Gasteiger partial charge is 0.390 e. The highest BCUT2D eigenvalue weighted by atomic mass is 16.7. The van der Waals surface area contributed by atoms with Crippen molar-refractivity contribution in [2.45, 2.75) is 89.6 Å². The summed E-state index contributed by atoms with van der Waals surface area (Å²) in [4.78, 5) is 0. The molecule has 1 rings (SSSR count). The van der Waals surface area contributed by atoms with Crippen LogP contribution in [0.4, 0.5) is 0 Å². The summed E-state index contributed by atoms with van der Waals surface area (Å²) in [6.45, 7) is 3.10. The molecule has 0 bridgehead atoms. The predicted octanol–water partition coefficient (Wildman–Crippen LogP) is 3.00. The quantitative estimate of drug-likeness (QED) is 0.574. The van der Waals surface area contributed by atoms with E-state index >= 15 is 0 Å². The fourth-order valence-electron chi connectivity index (χ4n) is 2.48. The summed E-state index contributed by atoms with van der Waals surface area (Å²) in [6, 6.07) is 0. The van der Waals surface area contributed by atoms with Gasteiger partial charge in [-0.25, -0.2) is 0 Å². The van der Waals surface area contributed by atoms with Gasteiger partial charge in [-0.1, -0.05) is 58.3 Å². The average molecular weight is 288 g/mol. The van der Waals surface area contributed by atoms with E-state index in [2.05, 4.69) is 6.92 Å². The van der Waals surface area contributed by atoms with Crippen molar-refractivity contribution >= 4 is 0 Å². The Labute approximate surface area is 123 Å². The van der Waals surface area contributed by atoms with E-state index in [4.69, 9.17) is 9.47 Å². The monoisotopic (exact) mass is 288 g/mol. The minimum absolute atomic E-state index is 0.170. The lowest BCUT2D eigenvalue weighted by Crippen LogP contribution is -2.42. The molecule has 20 heavy (non-hydrogen) atoms. The molecular weight excluding hydrogens is 256 g/mol. The SMILES string of the molecule is CCCCCCCCCCCO[C@@H]1C[C@@H](O)[C@H](O)CO1. The molecule has 1 aliphatic rings. The van der Waals surface area contributed by atoms with Crippen LogP contribution in [0.2, 0.25) is 0 Å². The molecule has 0 aromatic rings. The third-order valence-electron chi connectivity index (χ3n) is 3.88. The Bertz CT molecular complexity index is 223. The van der Waals surface area contributed by atoms with Gasteiger partial charge in [0.2, 0.25) is 0 Å².